The molecule has 0 bridgehead atoms. The largest absolute Gasteiger partial charge is 0.0533 e. The predicted octanol–water partition coefficient (Wildman–Crippen LogP) is 6.59. The van der Waals surface area contributed by atoms with Gasteiger partial charge < -0.3 is 0 Å². The summed E-state index contributed by atoms with van der Waals surface area (Å²) in [5.74, 6) is 6.84. The van der Waals surface area contributed by atoms with E-state index in [-0.39, 0.29) is 0 Å². The first-order valence-corrected chi connectivity index (χ1v) is 10.4. The lowest BCUT2D eigenvalue weighted by atomic mass is 9.64. The van der Waals surface area contributed by atoms with Crippen LogP contribution in [0.5, 0.6) is 0 Å². The van der Waals surface area contributed by atoms with E-state index >= 15 is 0 Å². The molecule has 4 rings (SSSR count). The summed E-state index contributed by atoms with van der Waals surface area (Å²) in [6.07, 6.45) is 23.7. The summed E-state index contributed by atoms with van der Waals surface area (Å²) in [4.78, 5) is 0. The Morgan fingerprint density at radius 3 is 1.24 bits per heavy atom. The zero-order valence-corrected chi connectivity index (χ0v) is 14.1. The molecule has 4 saturated carbocycles. The molecule has 0 radical (unpaired) electrons. The molecule has 0 N–H and O–H groups in total. The van der Waals surface area contributed by atoms with Gasteiger partial charge in [-0.1, -0.05) is 57.8 Å². The van der Waals surface area contributed by atoms with Crippen LogP contribution in [0.15, 0.2) is 0 Å². The van der Waals surface area contributed by atoms with Gasteiger partial charge in [0.25, 0.3) is 0 Å². The highest BCUT2D eigenvalue weighted by Gasteiger charge is 2.39. The third-order valence-electron chi connectivity index (χ3n) is 8.08. The van der Waals surface area contributed by atoms with Gasteiger partial charge in [-0.25, -0.2) is 0 Å². The van der Waals surface area contributed by atoms with Crippen molar-refractivity contribution in [1.29, 1.82) is 0 Å². The molecule has 120 valence electrons. The van der Waals surface area contributed by atoms with Crippen LogP contribution in [0.3, 0.4) is 0 Å². The van der Waals surface area contributed by atoms with Crippen molar-refractivity contribution in [3.8, 4) is 0 Å². The lowest BCUT2D eigenvalue weighted by Crippen LogP contribution is -2.30. The standard InChI is InChI=1S/C21H36/c1-2-6-16(7-3-1)19-12-13-21(15-19)20-11-10-17-8-4-5-9-18(17)14-20/h16-21H,1-15H2. The second-order valence-electron chi connectivity index (χ2n) is 9.11. The van der Waals surface area contributed by atoms with Crippen LogP contribution >= 0.6 is 0 Å². The SMILES string of the molecule is C1CCC(C2CCC(C3CCC4CCCCC4C3)C2)CC1. The molecule has 0 aromatic carbocycles. The van der Waals surface area contributed by atoms with Gasteiger partial charge in [0, 0.05) is 0 Å². The van der Waals surface area contributed by atoms with Crippen molar-refractivity contribution in [3.05, 3.63) is 0 Å². The van der Waals surface area contributed by atoms with Gasteiger partial charge in [-0.2, -0.15) is 0 Å². The van der Waals surface area contributed by atoms with E-state index in [2.05, 4.69) is 0 Å². The fraction of sp³-hybridized carbons (Fsp3) is 1.00. The van der Waals surface area contributed by atoms with Gasteiger partial charge in [0.1, 0.15) is 0 Å². The smallest absolute Gasteiger partial charge is 0.0383 e. The van der Waals surface area contributed by atoms with Gasteiger partial charge in [0.15, 0.2) is 0 Å². The average molecular weight is 289 g/mol. The molecule has 0 nitrogen and oxygen atoms in total. The highest BCUT2D eigenvalue weighted by Crippen LogP contribution is 2.50. The summed E-state index contributed by atoms with van der Waals surface area (Å²) in [5.41, 5.74) is 0. The van der Waals surface area contributed by atoms with Gasteiger partial charge in [-0.3, -0.25) is 0 Å². The zero-order valence-electron chi connectivity index (χ0n) is 14.1. The van der Waals surface area contributed by atoms with Gasteiger partial charge in [-0.05, 0) is 74.0 Å². The van der Waals surface area contributed by atoms with Gasteiger partial charge in [0.05, 0.1) is 0 Å². The molecule has 5 atom stereocenters. The summed E-state index contributed by atoms with van der Waals surface area (Å²) in [5, 5.41) is 0. The number of hydrogen-bond donors (Lipinski definition) is 0. The zero-order chi connectivity index (χ0) is 14.1. The molecule has 0 aliphatic heterocycles. The quantitative estimate of drug-likeness (QED) is 0.537. The van der Waals surface area contributed by atoms with Crippen molar-refractivity contribution < 1.29 is 0 Å². The molecule has 0 spiro atoms. The van der Waals surface area contributed by atoms with Crippen LogP contribution in [0.4, 0.5) is 0 Å². The Kier molecular flexibility index (Phi) is 4.60. The highest BCUT2D eigenvalue weighted by molar-refractivity contribution is 4.90. The average Bonchev–Trinajstić information content (AvgIpc) is 3.05. The summed E-state index contributed by atoms with van der Waals surface area (Å²) in [7, 11) is 0. The Morgan fingerprint density at radius 2 is 0.619 bits per heavy atom. The topological polar surface area (TPSA) is 0 Å². The first-order valence-electron chi connectivity index (χ1n) is 10.4. The van der Waals surface area contributed by atoms with Crippen molar-refractivity contribution in [2.24, 2.45) is 35.5 Å². The first-order chi connectivity index (χ1) is 10.4. The molecule has 4 aliphatic rings. The second kappa shape index (κ2) is 6.63. The molecule has 21 heavy (non-hydrogen) atoms. The van der Waals surface area contributed by atoms with E-state index in [1.54, 1.807) is 89.9 Å². The molecule has 0 aromatic rings. The van der Waals surface area contributed by atoms with Crippen LogP contribution in [0.25, 0.3) is 0 Å². The van der Waals surface area contributed by atoms with E-state index in [0.717, 1.165) is 35.5 Å². The Bertz CT molecular complexity index is 327. The van der Waals surface area contributed by atoms with Crippen molar-refractivity contribution in [2.75, 3.05) is 0 Å². The van der Waals surface area contributed by atoms with Crippen LogP contribution in [0, 0.1) is 35.5 Å². The molecule has 0 heterocycles. The molecule has 5 unspecified atom stereocenters. The first kappa shape index (κ1) is 14.6. The predicted molar refractivity (Wildman–Crippen MR) is 90.2 cm³/mol. The van der Waals surface area contributed by atoms with Crippen LogP contribution in [-0.4, -0.2) is 0 Å². The summed E-state index contributed by atoms with van der Waals surface area (Å²) in [6, 6.07) is 0. The molecular weight excluding hydrogens is 252 g/mol. The minimum absolute atomic E-state index is 1.13. The molecule has 4 aliphatic carbocycles. The van der Waals surface area contributed by atoms with E-state index in [1.165, 1.54) is 6.42 Å². The van der Waals surface area contributed by atoms with E-state index in [0.29, 0.717) is 0 Å². The second-order valence-corrected chi connectivity index (χ2v) is 9.11. The minimum Gasteiger partial charge on any atom is -0.0533 e. The number of rotatable bonds is 2. The van der Waals surface area contributed by atoms with E-state index in [1.807, 2.05) is 0 Å². The van der Waals surface area contributed by atoms with Crippen LogP contribution in [-0.2, 0) is 0 Å². The summed E-state index contributed by atoms with van der Waals surface area (Å²) >= 11 is 0. The monoisotopic (exact) mass is 288 g/mol. The van der Waals surface area contributed by atoms with E-state index < -0.39 is 0 Å². The Labute approximate surface area is 132 Å². The molecule has 0 heteroatoms. The molecule has 0 amide bonds. The molecular formula is C21H36. The van der Waals surface area contributed by atoms with Gasteiger partial charge in [-0.15, -0.1) is 0 Å². The molecule has 4 fully saturated rings. The Hall–Kier alpha value is 0. The maximum absolute atomic E-state index is 1.63. The van der Waals surface area contributed by atoms with Gasteiger partial charge >= 0.3 is 0 Å². The van der Waals surface area contributed by atoms with Crippen molar-refractivity contribution >= 4 is 0 Å². The Morgan fingerprint density at radius 1 is 0.286 bits per heavy atom. The third kappa shape index (κ3) is 3.20. The van der Waals surface area contributed by atoms with Crippen molar-refractivity contribution in [1.82, 2.24) is 0 Å². The fourth-order valence-electron chi connectivity index (χ4n) is 6.85. The third-order valence-corrected chi connectivity index (χ3v) is 8.08. The number of fused-ring (bicyclic) bond motifs is 1. The normalized spacial score (nSPS) is 45.4. The van der Waals surface area contributed by atoms with Gasteiger partial charge in [0.2, 0.25) is 0 Å². The molecule has 0 saturated heterocycles. The molecule has 0 aromatic heterocycles. The van der Waals surface area contributed by atoms with Crippen molar-refractivity contribution in [3.63, 3.8) is 0 Å². The lowest BCUT2D eigenvalue weighted by Gasteiger charge is -2.41. The van der Waals surface area contributed by atoms with E-state index in [9.17, 15) is 0 Å². The van der Waals surface area contributed by atoms with Crippen molar-refractivity contribution in [2.45, 2.75) is 96.3 Å². The summed E-state index contributed by atoms with van der Waals surface area (Å²) < 4.78 is 0. The van der Waals surface area contributed by atoms with E-state index in [4.69, 9.17) is 0 Å². The summed E-state index contributed by atoms with van der Waals surface area (Å²) in [6.45, 7) is 0. The number of hydrogen-bond acceptors (Lipinski definition) is 0. The maximum Gasteiger partial charge on any atom is -0.0383 e. The lowest BCUT2D eigenvalue weighted by molar-refractivity contribution is 0.0974. The maximum atomic E-state index is 1.63. The van der Waals surface area contributed by atoms with Crippen LogP contribution < -0.4 is 0 Å². The van der Waals surface area contributed by atoms with Crippen LogP contribution in [0.1, 0.15) is 96.3 Å². The van der Waals surface area contributed by atoms with Crippen LogP contribution in [0.2, 0.25) is 0 Å². The highest BCUT2D eigenvalue weighted by atomic mass is 14.4. The minimum atomic E-state index is 1.13. The Balaban J connectivity index is 1.31. The fourth-order valence-corrected chi connectivity index (χ4v) is 6.85.